The summed E-state index contributed by atoms with van der Waals surface area (Å²) < 4.78 is 49.6. The number of hydrogen-bond acceptors (Lipinski definition) is 6. The van der Waals surface area contributed by atoms with E-state index in [0.29, 0.717) is 6.54 Å². The van der Waals surface area contributed by atoms with Crippen LogP contribution in [0.2, 0.25) is 0 Å². The summed E-state index contributed by atoms with van der Waals surface area (Å²) in [4.78, 5) is 2.08. The molecule has 0 aromatic heterocycles. The molecule has 24 heavy (non-hydrogen) atoms. The number of sulfonamides is 1. The van der Waals surface area contributed by atoms with Crippen molar-refractivity contribution in [1.29, 1.82) is 0 Å². The van der Waals surface area contributed by atoms with Gasteiger partial charge < -0.3 is 5.11 Å². The molecule has 1 N–H and O–H groups in total. The number of aliphatic hydroxyl groups excluding tert-OH is 1. The number of β-amino-alcohol motifs (C(OH)–C–C–N with tert-alkyl or cyclic N) is 1. The number of hydrogen-bond donors (Lipinski definition) is 1. The lowest BCUT2D eigenvalue weighted by atomic mass is 10.1. The molecule has 0 radical (unpaired) electrons. The zero-order valence-corrected chi connectivity index (χ0v) is 15.5. The summed E-state index contributed by atoms with van der Waals surface area (Å²) >= 11 is 0. The van der Waals surface area contributed by atoms with Crippen LogP contribution < -0.4 is 0 Å². The molecule has 136 valence electrons. The Balaban J connectivity index is 1.94. The Hall–Kier alpha value is -1.00. The van der Waals surface area contributed by atoms with Crippen LogP contribution in [0.15, 0.2) is 35.2 Å². The van der Waals surface area contributed by atoms with E-state index in [2.05, 4.69) is 0 Å². The van der Waals surface area contributed by atoms with E-state index in [9.17, 15) is 21.9 Å². The van der Waals surface area contributed by atoms with E-state index in [1.165, 1.54) is 14.1 Å². The van der Waals surface area contributed by atoms with Crippen molar-refractivity contribution in [3.8, 4) is 0 Å². The van der Waals surface area contributed by atoms with Crippen LogP contribution in [0.3, 0.4) is 0 Å². The molecule has 0 bridgehead atoms. The maximum absolute atomic E-state index is 12.3. The third-order valence-electron chi connectivity index (χ3n) is 4.24. The van der Waals surface area contributed by atoms with E-state index in [1.54, 1.807) is 35.2 Å². The maximum Gasteiger partial charge on any atom is 0.214 e. The minimum absolute atomic E-state index is 0.0586. The van der Waals surface area contributed by atoms with Crippen LogP contribution >= 0.6 is 0 Å². The molecular weight excluding hydrogens is 352 g/mol. The molecule has 0 spiro atoms. The number of rotatable bonds is 7. The van der Waals surface area contributed by atoms with Crippen molar-refractivity contribution in [2.45, 2.75) is 11.0 Å². The Morgan fingerprint density at radius 2 is 1.75 bits per heavy atom. The Morgan fingerprint density at radius 1 is 1.12 bits per heavy atom. The van der Waals surface area contributed by atoms with Crippen LogP contribution in [0.1, 0.15) is 0 Å². The van der Waals surface area contributed by atoms with Gasteiger partial charge in [0.25, 0.3) is 0 Å². The van der Waals surface area contributed by atoms with Gasteiger partial charge in [-0.2, -0.15) is 0 Å². The van der Waals surface area contributed by atoms with Gasteiger partial charge in [0.2, 0.25) is 10.0 Å². The smallest absolute Gasteiger partial charge is 0.214 e. The standard InChI is InChI=1S/C15H24N2O5S2/c1-16(2)24(21,22)12-13-10-17(11-15(13)18)8-9-23(19,20)14-6-4-3-5-7-14/h3-7,13,15,18H,8-12H2,1-2H3/t13-,15-/m0/s1. The second-order valence-corrected chi connectivity index (χ2v) is 10.6. The van der Waals surface area contributed by atoms with Gasteiger partial charge in [-0.1, -0.05) is 18.2 Å². The fraction of sp³-hybridized carbons (Fsp3) is 0.600. The molecule has 2 atom stereocenters. The molecule has 1 aromatic carbocycles. The van der Waals surface area contributed by atoms with Gasteiger partial charge in [0.15, 0.2) is 9.84 Å². The number of aliphatic hydroxyl groups is 1. The van der Waals surface area contributed by atoms with E-state index in [-0.39, 0.29) is 29.5 Å². The van der Waals surface area contributed by atoms with E-state index in [1.807, 2.05) is 0 Å². The monoisotopic (exact) mass is 376 g/mol. The lowest BCUT2D eigenvalue weighted by molar-refractivity contribution is 0.149. The number of sulfone groups is 1. The number of likely N-dealkylation sites (tertiary alicyclic amines) is 1. The normalized spacial score (nSPS) is 23.0. The molecule has 1 aromatic rings. The molecule has 0 amide bonds. The second kappa shape index (κ2) is 7.49. The van der Waals surface area contributed by atoms with E-state index < -0.39 is 31.9 Å². The molecular formula is C15H24N2O5S2. The summed E-state index contributed by atoms with van der Waals surface area (Å²) in [7, 11) is -3.86. The quantitative estimate of drug-likeness (QED) is 0.699. The molecule has 2 rings (SSSR count). The van der Waals surface area contributed by atoms with Crippen LogP contribution in [0.25, 0.3) is 0 Å². The maximum atomic E-state index is 12.3. The Morgan fingerprint density at radius 3 is 2.33 bits per heavy atom. The van der Waals surface area contributed by atoms with Crippen molar-refractivity contribution in [3.63, 3.8) is 0 Å². The van der Waals surface area contributed by atoms with Gasteiger partial charge in [0.1, 0.15) is 0 Å². The van der Waals surface area contributed by atoms with Gasteiger partial charge in [-0.05, 0) is 12.1 Å². The highest BCUT2D eigenvalue weighted by atomic mass is 32.2. The summed E-state index contributed by atoms with van der Waals surface area (Å²) in [6.45, 7) is 0.934. The topological polar surface area (TPSA) is 95.0 Å². The van der Waals surface area contributed by atoms with Crippen LogP contribution in [0, 0.1) is 5.92 Å². The minimum Gasteiger partial charge on any atom is -0.391 e. The second-order valence-electron chi connectivity index (χ2n) is 6.28. The summed E-state index contributed by atoms with van der Waals surface area (Å²) in [5, 5.41) is 10.1. The molecule has 7 nitrogen and oxygen atoms in total. The lowest BCUT2D eigenvalue weighted by Gasteiger charge is -2.18. The minimum atomic E-state index is -3.40. The molecule has 1 fully saturated rings. The fourth-order valence-corrected chi connectivity index (χ4v) is 5.18. The van der Waals surface area contributed by atoms with Gasteiger partial charge >= 0.3 is 0 Å². The summed E-state index contributed by atoms with van der Waals surface area (Å²) in [6, 6.07) is 8.22. The van der Waals surface area contributed by atoms with Crippen molar-refractivity contribution in [2.24, 2.45) is 5.92 Å². The van der Waals surface area contributed by atoms with Crippen LogP contribution in [-0.2, 0) is 19.9 Å². The number of nitrogens with zero attached hydrogens (tertiary/aromatic N) is 2. The van der Waals surface area contributed by atoms with E-state index in [0.717, 1.165) is 4.31 Å². The predicted molar refractivity (Wildman–Crippen MR) is 91.9 cm³/mol. The number of benzene rings is 1. The van der Waals surface area contributed by atoms with Gasteiger partial charge in [-0.15, -0.1) is 0 Å². The summed E-state index contributed by atoms with van der Waals surface area (Å²) in [6.07, 6.45) is -0.765. The van der Waals surface area contributed by atoms with E-state index in [4.69, 9.17) is 0 Å². The molecule has 0 unspecified atom stereocenters. The van der Waals surface area contributed by atoms with Crippen LogP contribution in [0.5, 0.6) is 0 Å². The summed E-state index contributed by atoms with van der Waals surface area (Å²) in [5.74, 6) is -0.600. The van der Waals surface area contributed by atoms with Gasteiger partial charge in [-0.25, -0.2) is 21.1 Å². The predicted octanol–water partition coefficient (Wildman–Crippen LogP) is -0.356. The van der Waals surface area contributed by atoms with E-state index >= 15 is 0 Å². The average molecular weight is 377 g/mol. The van der Waals surface area contributed by atoms with Crippen LogP contribution in [-0.4, -0.2) is 82.5 Å². The molecule has 0 aliphatic carbocycles. The van der Waals surface area contributed by atoms with Gasteiger partial charge in [-0.3, -0.25) is 4.90 Å². The van der Waals surface area contributed by atoms with Crippen molar-refractivity contribution < 1.29 is 21.9 Å². The highest BCUT2D eigenvalue weighted by Crippen LogP contribution is 2.20. The Labute approximate surface area is 143 Å². The molecule has 1 saturated heterocycles. The average Bonchev–Trinajstić information content (AvgIpc) is 2.86. The van der Waals surface area contributed by atoms with Crippen molar-refractivity contribution in [1.82, 2.24) is 9.21 Å². The van der Waals surface area contributed by atoms with Crippen molar-refractivity contribution >= 4 is 19.9 Å². The first kappa shape index (κ1) is 19.3. The van der Waals surface area contributed by atoms with Crippen molar-refractivity contribution in [2.75, 3.05) is 45.2 Å². The molecule has 1 heterocycles. The highest BCUT2D eigenvalue weighted by Gasteiger charge is 2.35. The fourth-order valence-electron chi connectivity index (χ4n) is 2.70. The Bertz CT molecular complexity index is 747. The zero-order chi connectivity index (χ0) is 18.0. The molecule has 0 saturated carbocycles. The first-order chi connectivity index (χ1) is 11.1. The third-order valence-corrected chi connectivity index (χ3v) is 7.91. The highest BCUT2D eigenvalue weighted by molar-refractivity contribution is 7.91. The largest absolute Gasteiger partial charge is 0.391 e. The van der Waals surface area contributed by atoms with Crippen LogP contribution in [0.4, 0.5) is 0 Å². The first-order valence-corrected chi connectivity index (χ1v) is 11.0. The molecule has 9 heteroatoms. The van der Waals surface area contributed by atoms with Gasteiger partial charge in [0.05, 0.1) is 22.5 Å². The van der Waals surface area contributed by atoms with Crippen molar-refractivity contribution in [3.05, 3.63) is 30.3 Å². The zero-order valence-electron chi connectivity index (χ0n) is 13.9. The molecule has 1 aliphatic heterocycles. The van der Waals surface area contributed by atoms with Gasteiger partial charge in [0, 0.05) is 39.6 Å². The summed E-state index contributed by atoms with van der Waals surface area (Å²) in [5.41, 5.74) is 0. The molecule has 1 aliphatic rings. The Kier molecular flexibility index (Phi) is 6.03. The lowest BCUT2D eigenvalue weighted by Crippen LogP contribution is -2.33. The third kappa shape index (κ3) is 4.76. The SMILES string of the molecule is CN(C)S(=O)(=O)C[C@@H]1CN(CCS(=O)(=O)c2ccccc2)C[C@@H]1O. The first-order valence-electron chi connectivity index (χ1n) is 7.70.